The van der Waals surface area contributed by atoms with Gasteiger partial charge in [0.05, 0.1) is 7.11 Å². The van der Waals surface area contributed by atoms with E-state index in [1.54, 1.807) is 7.11 Å². The molecular formula is C14H22N2O2. The van der Waals surface area contributed by atoms with Crippen molar-refractivity contribution in [3.8, 4) is 5.75 Å². The molecule has 3 N–H and O–H groups in total. The van der Waals surface area contributed by atoms with Gasteiger partial charge in [0.1, 0.15) is 5.75 Å². The number of methoxy groups -OCH3 is 1. The number of nitrogens with one attached hydrogen (secondary N) is 1. The van der Waals surface area contributed by atoms with Crippen molar-refractivity contribution in [2.24, 2.45) is 11.7 Å². The molecule has 0 fully saturated rings. The van der Waals surface area contributed by atoms with E-state index in [1.165, 1.54) is 0 Å². The van der Waals surface area contributed by atoms with Crippen molar-refractivity contribution >= 4 is 11.6 Å². The van der Waals surface area contributed by atoms with Crippen LogP contribution in [0, 0.1) is 19.8 Å². The third-order valence-electron chi connectivity index (χ3n) is 2.88. The van der Waals surface area contributed by atoms with Crippen LogP contribution in [-0.4, -0.2) is 19.6 Å². The van der Waals surface area contributed by atoms with Gasteiger partial charge in [0.15, 0.2) is 0 Å². The molecule has 0 saturated carbocycles. The number of nitrogens with two attached hydrogens (primary N) is 1. The molecule has 100 valence electrons. The van der Waals surface area contributed by atoms with Crippen LogP contribution >= 0.6 is 0 Å². The van der Waals surface area contributed by atoms with Gasteiger partial charge >= 0.3 is 0 Å². The van der Waals surface area contributed by atoms with Gasteiger partial charge in [-0.15, -0.1) is 0 Å². The molecule has 18 heavy (non-hydrogen) atoms. The highest BCUT2D eigenvalue weighted by Crippen LogP contribution is 2.26. The predicted molar refractivity (Wildman–Crippen MR) is 73.9 cm³/mol. The van der Waals surface area contributed by atoms with E-state index in [2.05, 4.69) is 5.32 Å². The summed E-state index contributed by atoms with van der Waals surface area (Å²) in [7, 11) is 1.65. The first-order valence-electron chi connectivity index (χ1n) is 6.13. The topological polar surface area (TPSA) is 64.3 Å². The Kier molecular flexibility index (Phi) is 5.16. The molecule has 0 radical (unpaired) electrons. The highest BCUT2D eigenvalue weighted by molar-refractivity contribution is 5.91. The van der Waals surface area contributed by atoms with Gasteiger partial charge in [-0.2, -0.15) is 0 Å². The van der Waals surface area contributed by atoms with Gasteiger partial charge in [-0.3, -0.25) is 4.79 Å². The summed E-state index contributed by atoms with van der Waals surface area (Å²) >= 11 is 0. The molecular weight excluding hydrogens is 228 g/mol. The van der Waals surface area contributed by atoms with Crippen molar-refractivity contribution in [2.45, 2.75) is 27.2 Å². The van der Waals surface area contributed by atoms with Gasteiger partial charge in [0.2, 0.25) is 5.91 Å². The Morgan fingerprint density at radius 1 is 1.39 bits per heavy atom. The monoisotopic (exact) mass is 250 g/mol. The Balaban J connectivity index is 2.77. The Hall–Kier alpha value is -1.55. The van der Waals surface area contributed by atoms with Crippen molar-refractivity contribution in [1.29, 1.82) is 0 Å². The van der Waals surface area contributed by atoms with Crippen molar-refractivity contribution in [2.75, 3.05) is 19.0 Å². The van der Waals surface area contributed by atoms with E-state index in [0.29, 0.717) is 13.0 Å². The van der Waals surface area contributed by atoms with E-state index in [4.69, 9.17) is 10.5 Å². The molecule has 1 aromatic rings. The number of hydrogen-bond donors (Lipinski definition) is 2. The van der Waals surface area contributed by atoms with Gasteiger partial charge in [-0.05, 0) is 49.6 Å². The number of carbonyl (C=O) groups is 1. The summed E-state index contributed by atoms with van der Waals surface area (Å²) in [5.74, 6) is 1.06. The van der Waals surface area contributed by atoms with E-state index < -0.39 is 0 Å². The third-order valence-corrected chi connectivity index (χ3v) is 2.88. The summed E-state index contributed by atoms with van der Waals surface area (Å²) in [6.45, 7) is 6.41. The van der Waals surface area contributed by atoms with Gasteiger partial charge < -0.3 is 15.8 Å². The molecule has 0 aromatic heterocycles. The van der Waals surface area contributed by atoms with E-state index in [9.17, 15) is 4.79 Å². The first kappa shape index (κ1) is 14.5. The van der Waals surface area contributed by atoms with Crippen LogP contribution in [0.15, 0.2) is 12.1 Å². The molecule has 1 aromatic carbocycles. The molecule has 0 aliphatic rings. The highest BCUT2D eigenvalue weighted by Gasteiger charge is 2.10. The molecule has 1 rings (SSSR count). The lowest BCUT2D eigenvalue weighted by molar-refractivity contribution is -0.116. The van der Waals surface area contributed by atoms with Crippen LogP contribution in [0.1, 0.15) is 24.5 Å². The first-order chi connectivity index (χ1) is 8.47. The van der Waals surface area contributed by atoms with Crippen molar-refractivity contribution in [1.82, 2.24) is 0 Å². The second-order valence-electron chi connectivity index (χ2n) is 4.74. The molecule has 4 nitrogen and oxygen atoms in total. The summed E-state index contributed by atoms with van der Waals surface area (Å²) in [5.41, 5.74) is 8.34. The normalized spacial score (nSPS) is 12.1. The highest BCUT2D eigenvalue weighted by atomic mass is 16.5. The fourth-order valence-corrected chi connectivity index (χ4v) is 1.96. The zero-order valence-electron chi connectivity index (χ0n) is 11.5. The number of anilines is 1. The molecule has 0 saturated heterocycles. The molecule has 0 aliphatic carbocycles. The predicted octanol–water partition coefficient (Wildman–Crippen LogP) is 2.24. The van der Waals surface area contributed by atoms with Crippen molar-refractivity contribution < 1.29 is 9.53 Å². The lowest BCUT2D eigenvalue weighted by Gasteiger charge is -2.13. The van der Waals surface area contributed by atoms with Crippen LogP contribution in [0.5, 0.6) is 5.75 Å². The Bertz CT molecular complexity index is 407. The van der Waals surface area contributed by atoms with Gasteiger partial charge in [-0.25, -0.2) is 0 Å². The quantitative estimate of drug-likeness (QED) is 0.842. The van der Waals surface area contributed by atoms with Crippen LogP contribution < -0.4 is 15.8 Å². The number of rotatable bonds is 5. The minimum absolute atomic E-state index is 0.00285. The first-order valence-corrected chi connectivity index (χ1v) is 6.13. The number of hydrogen-bond acceptors (Lipinski definition) is 3. The summed E-state index contributed by atoms with van der Waals surface area (Å²) in [4.78, 5) is 11.8. The SMILES string of the molecule is COc1c(C)cc(NC(=O)CC(C)CN)cc1C. The maximum Gasteiger partial charge on any atom is 0.224 e. The third kappa shape index (κ3) is 3.74. The minimum Gasteiger partial charge on any atom is -0.496 e. The average molecular weight is 250 g/mol. The number of aryl methyl sites for hydroxylation is 2. The lowest BCUT2D eigenvalue weighted by atomic mass is 10.1. The largest absolute Gasteiger partial charge is 0.496 e. The Morgan fingerprint density at radius 3 is 2.39 bits per heavy atom. The molecule has 1 atom stereocenters. The van der Waals surface area contributed by atoms with Crippen LogP contribution in [0.25, 0.3) is 0 Å². The van der Waals surface area contributed by atoms with Gasteiger partial charge in [-0.1, -0.05) is 6.92 Å². The molecule has 0 bridgehead atoms. The summed E-state index contributed by atoms with van der Waals surface area (Å²) in [5, 5.41) is 2.89. The second-order valence-corrected chi connectivity index (χ2v) is 4.74. The van der Waals surface area contributed by atoms with Gasteiger partial charge in [0.25, 0.3) is 0 Å². The van der Waals surface area contributed by atoms with Crippen molar-refractivity contribution in [3.05, 3.63) is 23.3 Å². The van der Waals surface area contributed by atoms with Crippen LogP contribution in [-0.2, 0) is 4.79 Å². The zero-order valence-corrected chi connectivity index (χ0v) is 11.5. The number of amides is 1. The molecule has 0 spiro atoms. The summed E-state index contributed by atoms with van der Waals surface area (Å²) in [6, 6.07) is 3.83. The summed E-state index contributed by atoms with van der Waals surface area (Å²) in [6.07, 6.45) is 0.445. The smallest absolute Gasteiger partial charge is 0.224 e. The van der Waals surface area contributed by atoms with Gasteiger partial charge in [0, 0.05) is 12.1 Å². The average Bonchev–Trinajstić information content (AvgIpc) is 2.28. The fourth-order valence-electron chi connectivity index (χ4n) is 1.96. The number of carbonyl (C=O) groups excluding carboxylic acids is 1. The second kappa shape index (κ2) is 6.40. The molecule has 0 heterocycles. The molecule has 1 unspecified atom stereocenters. The Morgan fingerprint density at radius 2 is 1.94 bits per heavy atom. The summed E-state index contributed by atoms with van der Waals surface area (Å²) < 4.78 is 5.29. The fraction of sp³-hybridized carbons (Fsp3) is 0.500. The molecule has 1 amide bonds. The standard InChI is InChI=1S/C14H22N2O2/c1-9(8-15)5-13(17)16-12-6-10(2)14(18-4)11(3)7-12/h6-7,9H,5,8,15H2,1-4H3,(H,16,17). The number of benzene rings is 1. The zero-order chi connectivity index (χ0) is 13.7. The maximum absolute atomic E-state index is 11.8. The van der Waals surface area contributed by atoms with Crippen LogP contribution in [0.4, 0.5) is 5.69 Å². The van der Waals surface area contributed by atoms with E-state index in [0.717, 1.165) is 22.6 Å². The lowest BCUT2D eigenvalue weighted by Crippen LogP contribution is -2.20. The maximum atomic E-state index is 11.8. The minimum atomic E-state index is -0.00285. The van der Waals surface area contributed by atoms with E-state index >= 15 is 0 Å². The van der Waals surface area contributed by atoms with Crippen molar-refractivity contribution in [3.63, 3.8) is 0 Å². The number of ether oxygens (including phenoxy) is 1. The van der Waals surface area contributed by atoms with E-state index in [-0.39, 0.29) is 11.8 Å². The van der Waals surface area contributed by atoms with Crippen LogP contribution in [0.2, 0.25) is 0 Å². The van der Waals surface area contributed by atoms with E-state index in [1.807, 2.05) is 32.9 Å². The Labute approximate surface area is 109 Å². The molecule has 0 aliphatic heterocycles. The molecule has 4 heteroatoms. The van der Waals surface area contributed by atoms with Crippen LogP contribution in [0.3, 0.4) is 0 Å².